The second kappa shape index (κ2) is 8.51. The van der Waals surface area contributed by atoms with Gasteiger partial charge in [-0.3, -0.25) is 14.5 Å². The highest BCUT2D eigenvalue weighted by Crippen LogP contribution is 2.16. The summed E-state index contributed by atoms with van der Waals surface area (Å²) in [5, 5.41) is 3.03. The van der Waals surface area contributed by atoms with E-state index in [0.29, 0.717) is 38.5 Å². The van der Waals surface area contributed by atoms with E-state index in [-0.39, 0.29) is 17.9 Å². The zero-order valence-corrected chi connectivity index (χ0v) is 16.2. The molecule has 0 radical (unpaired) electrons. The molecule has 1 atom stereocenters. The fourth-order valence-corrected chi connectivity index (χ4v) is 3.25. The van der Waals surface area contributed by atoms with Crippen molar-refractivity contribution in [3.63, 3.8) is 0 Å². The first-order chi connectivity index (χ1) is 12.5. The van der Waals surface area contributed by atoms with Gasteiger partial charge in [-0.25, -0.2) is 0 Å². The van der Waals surface area contributed by atoms with Crippen LogP contribution in [-0.2, 0) is 4.79 Å². The molecular weight excluding hydrogens is 398 g/mol. The monoisotopic (exact) mass is 419 g/mol. The number of rotatable bonds is 5. The largest absolute Gasteiger partial charge is 0.459 e. The topological polar surface area (TPSA) is 65.8 Å². The van der Waals surface area contributed by atoms with Gasteiger partial charge in [0.2, 0.25) is 5.91 Å². The number of benzene rings is 1. The lowest BCUT2D eigenvalue weighted by atomic mass is 10.1. The maximum absolute atomic E-state index is 12.3. The molecule has 0 aliphatic carbocycles. The summed E-state index contributed by atoms with van der Waals surface area (Å²) in [5.74, 6) is 0.258. The molecule has 3 rings (SSSR count). The molecule has 6 nitrogen and oxygen atoms in total. The number of hydrogen-bond donors (Lipinski definition) is 1. The summed E-state index contributed by atoms with van der Waals surface area (Å²) >= 11 is 3.41. The number of nitrogens with zero attached hydrogens (tertiary/aromatic N) is 2. The van der Waals surface area contributed by atoms with E-state index in [1.807, 2.05) is 31.2 Å². The Morgan fingerprint density at radius 1 is 1.15 bits per heavy atom. The summed E-state index contributed by atoms with van der Waals surface area (Å²) in [7, 11) is 0. The zero-order valence-electron chi connectivity index (χ0n) is 14.7. The molecular formula is C19H22BrN3O3. The molecule has 0 spiro atoms. The average Bonchev–Trinajstić information content (AvgIpc) is 3.17. The van der Waals surface area contributed by atoms with Crippen LogP contribution in [0.3, 0.4) is 0 Å². The van der Waals surface area contributed by atoms with Crippen LogP contribution in [0.5, 0.6) is 0 Å². The van der Waals surface area contributed by atoms with Crippen LogP contribution in [0.1, 0.15) is 29.1 Å². The highest BCUT2D eigenvalue weighted by atomic mass is 79.9. The van der Waals surface area contributed by atoms with Gasteiger partial charge >= 0.3 is 0 Å². The molecule has 1 unspecified atom stereocenters. The van der Waals surface area contributed by atoms with E-state index >= 15 is 0 Å². The van der Waals surface area contributed by atoms with Crippen molar-refractivity contribution in [1.82, 2.24) is 15.1 Å². The predicted octanol–water partition coefficient (Wildman–Crippen LogP) is 2.68. The van der Waals surface area contributed by atoms with E-state index in [4.69, 9.17) is 4.42 Å². The second-order valence-corrected chi connectivity index (χ2v) is 7.30. The number of carbonyl (C=O) groups excluding carboxylic acids is 2. The Bertz CT molecular complexity index is 738. The molecule has 0 saturated carbocycles. The number of amides is 2. The Balaban J connectivity index is 1.44. The predicted molar refractivity (Wildman–Crippen MR) is 102 cm³/mol. The summed E-state index contributed by atoms with van der Waals surface area (Å²) in [6.07, 6.45) is 1.50. The van der Waals surface area contributed by atoms with Gasteiger partial charge in [0.1, 0.15) is 0 Å². The lowest BCUT2D eigenvalue weighted by Gasteiger charge is -2.34. The Hall–Kier alpha value is -2.12. The van der Waals surface area contributed by atoms with Crippen molar-refractivity contribution in [1.29, 1.82) is 0 Å². The fraction of sp³-hybridized carbons (Fsp3) is 0.368. The molecule has 26 heavy (non-hydrogen) atoms. The Morgan fingerprint density at radius 2 is 1.85 bits per heavy atom. The third-order valence-corrected chi connectivity index (χ3v) is 5.03. The normalized spacial score (nSPS) is 16.3. The molecule has 2 heterocycles. The number of piperazine rings is 1. The van der Waals surface area contributed by atoms with Crippen LogP contribution in [0.25, 0.3) is 0 Å². The average molecular weight is 420 g/mol. The number of hydrogen-bond acceptors (Lipinski definition) is 4. The molecule has 1 N–H and O–H groups in total. The lowest BCUT2D eigenvalue weighted by molar-refractivity contribution is -0.123. The molecule has 1 fully saturated rings. The lowest BCUT2D eigenvalue weighted by Crippen LogP contribution is -2.51. The summed E-state index contributed by atoms with van der Waals surface area (Å²) in [5.41, 5.74) is 1.07. The first-order valence-electron chi connectivity index (χ1n) is 8.63. The number of carbonyl (C=O) groups is 2. The Labute approximate surface area is 161 Å². The SMILES string of the molecule is CC(NC(=O)CN1CCN(C(=O)c2ccco2)CC1)c1ccc(Br)cc1. The van der Waals surface area contributed by atoms with Gasteiger partial charge in [-0.1, -0.05) is 28.1 Å². The smallest absolute Gasteiger partial charge is 0.289 e. The van der Waals surface area contributed by atoms with Crippen LogP contribution < -0.4 is 5.32 Å². The summed E-state index contributed by atoms with van der Waals surface area (Å²) in [4.78, 5) is 28.4. The van der Waals surface area contributed by atoms with E-state index in [1.54, 1.807) is 17.0 Å². The standard InChI is InChI=1S/C19H22BrN3O3/c1-14(15-4-6-16(20)7-5-15)21-18(24)13-22-8-10-23(11-9-22)19(25)17-3-2-12-26-17/h2-7,12,14H,8-11,13H2,1H3,(H,21,24). The Kier molecular flexibility index (Phi) is 6.11. The third kappa shape index (κ3) is 4.74. The molecule has 7 heteroatoms. The van der Waals surface area contributed by atoms with Crippen molar-refractivity contribution < 1.29 is 14.0 Å². The van der Waals surface area contributed by atoms with E-state index in [0.717, 1.165) is 10.0 Å². The molecule has 1 saturated heterocycles. The molecule has 1 aromatic carbocycles. The minimum absolute atomic E-state index is 0.00812. The van der Waals surface area contributed by atoms with Crippen LogP contribution in [-0.4, -0.2) is 54.3 Å². The first-order valence-corrected chi connectivity index (χ1v) is 9.42. The number of furan rings is 1. The minimum Gasteiger partial charge on any atom is -0.459 e. The van der Waals surface area contributed by atoms with Crippen LogP contribution >= 0.6 is 15.9 Å². The molecule has 2 aromatic rings. The van der Waals surface area contributed by atoms with E-state index in [1.165, 1.54) is 6.26 Å². The summed E-state index contributed by atoms with van der Waals surface area (Å²) < 4.78 is 6.18. The maximum Gasteiger partial charge on any atom is 0.289 e. The van der Waals surface area contributed by atoms with Crippen molar-refractivity contribution >= 4 is 27.7 Å². The van der Waals surface area contributed by atoms with Crippen LogP contribution in [0.2, 0.25) is 0 Å². The first kappa shape index (κ1) is 18.7. The molecule has 0 bridgehead atoms. The number of nitrogens with one attached hydrogen (secondary N) is 1. The highest BCUT2D eigenvalue weighted by molar-refractivity contribution is 9.10. The van der Waals surface area contributed by atoms with Crippen molar-refractivity contribution in [2.75, 3.05) is 32.7 Å². The second-order valence-electron chi connectivity index (χ2n) is 6.39. The fourth-order valence-electron chi connectivity index (χ4n) is 2.99. The molecule has 2 amide bonds. The van der Waals surface area contributed by atoms with Crippen LogP contribution in [0, 0.1) is 0 Å². The maximum atomic E-state index is 12.3. The molecule has 1 aliphatic heterocycles. The van der Waals surface area contributed by atoms with Gasteiger partial charge in [0.05, 0.1) is 18.8 Å². The summed E-state index contributed by atoms with van der Waals surface area (Å²) in [6.45, 7) is 4.84. The molecule has 1 aromatic heterocycles. The van der Waals surface area contributed by atoms with Crippen LogP contribution in [0.15, 0.2) is 51.6 Å². The quantitative estimate of drug-likeness (QED) is 0.808. The van der Waals surface area contributed by atoms with Crippen LogP contribution in [0.4, 0.5) is 0 Å². The van der Waals surface area contributed by atoms with Gasteiger partial charge in [-0.05, 0) is 36.8 Å². The van der Waals surface area contributed by atoms with E-state index in [9.17, 15) is 9.59 Å². The van der Waals surface area contributed by atoms with E-state index in [2.05, 4.69) is 26.1 Å². The molecule has 138 valence electrons. The van der Waals surface area contributed by atoms with Gasteiger partial charge in [-0.15, -0.1) is 0 Å². The van der Waals surface area contributed by atoms with E-state index < -0.39 is 0 Å². The summed E-state index contributed by atoms with van der Waals surface area (Å²) in [6, 6.07) is 11.3. The van der Waals surface area contributed by atoms with Gasteiger partial charge < -0.3 is 14.6 Å². The van der Waals surface area contributed by atoms with Crippen molar-refractivity contribution in [3.8, 4) is 0 Å². The van der Waals surface area contributed by atoms with Crippen molar-refractivity contribution in [2.24, 2.45) is 0 Å². The van der Waals surface area contributed by atoms with Crippen molar-refractivity contribution in [2.45, 2.75) is 13.0 Å². The van der Waals surface area contributed by atoms with Gasteiger partial charge in [-0.2, -0.15) is 0 Å². The van der Waals surface area contributed by atoms with Crippen molar-refractivity contribution in [3.05, 3.63) is 58.5 Å². The third-order valence-electron chi connectivity index (χ3n) is 4.51. The highest BCUT2D eigenvalue weighted by Gasteiger charge is 2.24. The minimum atomic E-state index is -0.0945. The van der Waals surface area contributed by atoms with Gasteiger partial charge in [0, 0.05) is 30.7 Å². The zero-order chi connectivity index (χ0) is 18.5. The number of halogens is 1. The van der Waals surface area contributed by atoms with Gasteiger partial charge in [0.25, 0.3) is 5.91 Å². The Morgan fingerprint density at radius 3 is 2.46 bits per heavy atom. The van der Waals surface area contributed by atoms with Gasteiger partial charge in [0.15, 0.2) is 5.76 Å². The molecule has 1 aliphatic rings.